The fourth-order valence-corrected chi connectivity index (χ4v) is 5.36. The molecule has 0 radical (unpaired) electrons. The van der Waals surface area contributed by atoms with Gasteiger partial charge in [0.2, 0.25) is 0 Å². The van der Waals surface area contributed by atoms with E-state index in [1.54, 1.807) is 0 Å². The average molecular weight is 347 g/mol. The number of hydrogen-bond donors (Lipinski definition) is 2. The van der Waals surface area contributed by atoms with Gasteiger partial charge in [0.1, 0.15) is 6.04 Å². The van der Waals surface area contributed by atoms with Crippen molar-refractivity contribution in [3.8, 4) is 0 Å². The summed E-state index contributed by atoms with van der Waals surface area (Å²) >= 11 is 0. The molecule has 0 saturated carbocycles. The molecule has 138 valence electrons. The predicted octanol–water partition coefficient (Wildman–Crippen LogP) is 2.10. The summed E-state index contributed by atoms with van der Waals surface area (Å²) in [7, 11) is 0. The molecule has 4 fully saturated rings. The van der Waals surface area contributed by atoms with E-state index >= 15 is 0 Å². The number of ether oxygens (including phenoxy) is 1. The van der Waals surface area contributed by atoms with Crippen molar-refractivity contribution < 1.29 is 17.9 Å². The number of likely N-dealkylation sites (tertiary alicyclic amines) is 1. The van der Waals surface area contributed by atoms with E-state index in [-0.39, 0.29) is 18.5 Å². The summed E-state index contributed by atoms with van der Waals surface area (Å²) in [6, 6.07) is -0.0272. The van der Waals surface area contributed by atoms with Crippen LogP contribution in [0.2, 0.25) is 0 Å². The highest BCUT2D eigenvalue weighted by atomic mass is 19.4. The topological polar surface area (TPSA) is 36.5 Å². The summed E-state index contributed by atoms with van der Waals surface area (Å²) in [6.07, 6.45) is 0.237. The fourth-order valence-electron chi connectivity index (χ4n) is 5.36. The first-order valence-electron chi connectivity index (χ1n) is 9.36. The van der Waals surface area contributed by atoms with E-state index in [4.69, 9.17) is 4.74 Å². The zero-order valence-electron chi connectivity index (χ0n) is 14.2. The third-order valence-electron chi connectivity index (χ3n) is 6.62. The maximum Gasteiger partial charge on any atom is 0.403 e. The summed E-state index contributed by atoms with van der Waals surface area (Å²) in [5.41, 5.74) is 0. The van der Waals surface area contributed by atoms with Crippen LogP contribution in [0.1, 0.15) is 39.0 Å². The zero-order chi connectivity index (χ0) is 16.9. The van der Waals surface area contributed by atoms with Gasteiger partial charge in [0.05, 0.1) is 6.17 Å². The van der Waals surface area contributed by atoms with Gasteiger partial charge in [-0.15, -0.1) is 0 Å². The van der Waals surface area contributed by atoms with Gasteiger partial charge in [0.25, 0.3) is 0 Å². The SMILES string of the molecule is CC1CC(C(F)(F)F)NC1N1CCC2NC(C3CCOCC3)CC21. The van der Waals surface area contributed by atoms with Crippen LogP contribution in [0.3, 0.4) is 0 Å². The minimum Gasteiger partial charge on any atom is -0.381 e. The molecule has 24 heavy (non-hydrogen) atoms. The quantitative estimate of drug-likeness (QED) is 0.802. The van der Waals surface area contributed by atoms with Gasteiger partial charge < -0.3 is 10.1 Å². The molecule has 4 rings (SSSR count). The molecule has 0 amide bonds. The van der Waals surface area contributed by atoms with E-state index in [0.29, 0.717) is 24.0 Å². The lowest BCUT2D eigenvalue weighted by atomic mass is 9.90. The van der Waals surface area contributed by atoms with Crippen LogP contribution in [0.5, 0.6) is 0 Å². The zero-order valence-corrected chi connectivity index (χ0v) is 14.2. The number of fused-ring (bicyclic) bond motifs is 1. The summed E-state index contributed by atoms with van der Waals surface area (Å²) < 4.78 is 44.6. The minimum absolute atomic E-state index is 0.0394. The highest BCUT2D eigenvalue weighted by Crippen LogP contribution is 2.39. The number of nitrogens with zero attached hydrogens (tertiary/aromatic N) is 1. The van der Waals surface area contributed by atoms with Gasteiger partial charge in [-0.25, -0.2) is 0 Å². The van der Waals surface area contributed by atoms with E-state index in [2.05, 4.69) is 15.5 Å². The van der Waals surface area contributed by atoms with Gasteiger partial charge in [-0.2, -0.15) is 13.2 Å². The van der Waals surface area contributed by atoms with E-state index < -0.39 is 12.2 Å². The highest BCUT2D eigenvalue weighted by Gasteiger charge is 2.52. The van der Waals surface area contributed by atoms with Crippen LogP contribution < -0.4 is 10.6 Å². The molecule has 2 N–H and O–H groups in total. The molecule has 7 heteroatoms. The maximum atomic E-state index is 13.1. The molecule has 0 spiro atoms. The first kappa shape index (κ1) is 17.1. The molecule has 0 aromatic heterocycles. The molecule has 0 bridgehead atoms. The third-order valence-corrected chi connectivity index (χ3v) is 6.62. The monoisotopic (exact) mass is 347 g/mol. The van der Waals surface area contributed by atoms with E-state index in [9.17, 15) is 13.2 Å². The maximum absolute atomic E-state index is 13.1. The number of hydrogen-bond acceptors (Lipinski definition) is 4. The molecule has 4 saturated heterocycles. The first-order valence-corrected chi connectivity index (χ1v) is 9.36. The Morgan fingerprint density at radius 3 is 2.42 bits per heavy atom. The molecule has 6 unspecified atom stereocenters. The first-order chi connectivity index (χ1) is 11.4. The van der Waals surface area contributed by atoms with Crippen molar-refractivity contribution in [2.45, 2.75) is 75.5 Å². The number of nitrogens with one attached hydrogen (secondary N) is 2. The Bertz CT molecular complexity index is 455. The summed E-state index contributed by atoms with van der Waals surface area (Å²) in [6.45, 7) is 4.54. The Labute approximate surface area is 141 Å². The average Bonchev–Trinajstić information content (AvgIpc) is 3.21. The Morgan fingerprint density at radius 1 is 1.00 bits per heavy atom. The van der Waals surface area contributed by atoms with Crippen molar-refractivity contribution in [2.75, 3.05) is 19.8 Å². The lowest BCUT2D eigenvalue weighted by molar-refractivity contribution is -0.154. The molecule has 4 aliphatic rings. The van der Waals surface area contributed by atoms with E-state index in [1.807, 2.05) is 6.92 Å². The molecule has 4 nitrogen and oxygen atoms in total. The Morgan fingerprint density at radius 2 is 1.75 bits per heavy atom. The molecular weight excluding hydrogens is 319 g/mol. The van der Waals surface area contributed by atoms with Crippen molar-refractivity contribution in [2.24, 2.45) is 11.8 Å². The van der Waals surface area contributed by atoms with Crippen LogP contribution in [0.4, 0.5) is 13.2 Å². The largest absolute Gasteiger partial charge is 0.403 e. The van der Waals surface area contributed by atoms with Crippen molar-refractivity contribution in [3.05, 3.63) is 0 Å². The van der Waals surface area contributed by atoms with Crippen LogP contribution >= 0.6 is 0 Å². The summed E-state index contributed by atoms with van der Waals surface area (Å²) in [5, 5.41) is 6.67. The smallest absolute Gasteiger partial charge is 0.381 e. The predicted molar refractivity (Wildman–Crippen MR) is 84.5 cm³/mol. The lowest BCUT2D eigenvalue weighted by Gasteiger charge is -2.34. The van der Waals surface area contributed by atoms with Gasteiger partial charge in [0, 0.05) is 37.9 Å². The van der Waals surface area contributed by atoms with Gasteiger partial charge in [-0.05, 0) is 43.9 Å². The molecule has 0 aromatic carbocycles. The summed E-state index contributed by atoms with van der Waals surface area (Å²) in [4.78, 5) is 2.33. The molecule has 0 aromatic rings. The second-order valence-corrected chi connectivity index (χ2v) is 8.08. The summed E-state index contributed by atoms with van der Waals surface area (Å²) in [5.74, 6) is 0.695. The number of rotatable bonds is 2. The second kappa shape index (κ2) is 6.41. The van der Waals surface area contributed by atoms with Crippen LogP contribution in [-0.2, 0) is 4.74 Å². The van der Waals surface area contributed by atoms with Crippen LogP contribution in [-0.4, -0.2) is 61.2 Å². The second-order valence-electron chi connectivity index (χ2n) is 8.08. The molecule has 0 aliphatic carbocycles. The lowest BCUT2D eigenvalue weighted by Crippen LogP contribution is -2.52. The van der Waals surface area contributed by atoms with E-state index in [0.717, 1.165) is 45.4 Å². The standard InChI is InChI=1S/C17H28F3N3O/c1-10-8-15(17(18,19)20)22-16(10)23-5-2-12-14(23)9-13(21-12)11-3-6-24-7-4-11/h10-16,21-22H,2-9H2,1H3. The van der Waals surface area contributed by atoms with E-state index in [1.165, 1.54) is 0 Å². The number of alkyl halides is 3. The Kier molecular flexibility index (Phi) is 4.56. The molecule has 4 aliphatic heterocycles. The molecule has 4 heterocycles. The Hall–Kier alpha value is -0.370. The Balaban J connectivity index is 1.41. The van der Waals surface area contributed by atoms with Gasteiger partial charge >= 0.3 is 6.18 Å². The van der Waals surface area contributed by atoms with Crippen molar-refractivity contribution in [1.29, 1.82) is 0 Å². The molecule has 6 atom stereocenters. The van der Waals surface area contributed by atoms with Gasteiger partial charge in [-0.3, -0.25) is 10.2 Å². The normalized spacial score (nSPS) is 45.0. The minimum atomic E-state index is -4.14. The van der Waals surface area contributed by atoms with Gasteiger partial charge in [-0.1, -0.05) is 6.92 Å². The molecular formula is C17H28F3N3O. The third kappa shape index (κ3) is 3.08. The number of halogens is 3. The fraction of sp³-hybridized carbons (Fsp3) is 1.00. The van der Waals surface area contributed by atoms with Crippen molar-refractivity contribution in [3.63, 3.8) is 0 Å². The van der Waals surface area contributed by atoms with Crippen LogP contribution in [0.25, 0.3) is 0 Å². The van der Waals surface area contributed by atoms with Crippen LogP contribution in [0.15, 0.2) is 0 Å². The van der Waals surface area contributed by atoms with Crippen molar-refractivity contribution >= 4 is 0 Å². The van der Waals surface area contributed by atoms with Crippen molar-refractivity contribution in [1.82, 2.24) is 15.5 Å². The van der Waals surface area contributed by atoms with Gasteiger partial charge in [0.15, 0.2) is 0 Å². The highest BCUT2D eigenvalue weighted by molar-refractivity contribution is 5.06. The van der Waals surface area contributed by atoms with Crippen LogP contribution in [0, 0.1) is 11.8 Å².